The molecule has 3 heteroatoms. The first-order chi connectivity index (χ1) is 13.8. The first kappa shape index (κ1) is 20.9. The van der Waals surface area contributed by atoms with Gasteiger partial charge in [0.15, 0.2) is 0 Å². The Morgan fingerprint density at radius 2 is 1.31 bits per heavy atom. The quantitative estimate of drug-likeness (QED) is 0.573. The highest BCUT2D eigenvalue weighted by molar-refractivity contribution is 5.91. The van der Waals surface area contributed by atoms with Gasteiger partial charge in [0.2, 0.25) is 0 Å². The molecule has 0 atom stereocenters. The van der Waals surface area contributed by atoms with Crippen molar-refractivity contribution in [2.75, 3.05) is 0 Å². The molecule has 0 amide bonds. The number of carbonyl (C=O) groups is 1. The fourth-order valence-electron chi connectivity index (χ4n) is 4.10. The summed E-state index contributed by atoms with van der Waals surface area (Å²) in [5.41, 5.74) is 6.45. The average Bonchev–Trinajstić information content (AvgIpc) is 2.68. The summed E-state index contributed by atoms with van der Waals surface area (Å²) in [4.78, 5) is 11.3. The molecule has 2 N–H and O–H groups in total. The lowest BCUT2D eigenvalue weighted by Crippen LogP contribution is -2.10. The van der Waals surface area contributed by atoms with Crippen LogP contribution in [0.1, 0.15) is 69.6 Å². The van der Waals surface area contributed by atoms with Gasteiger partial charge in [0, 0.05) is 6.08 Å². The van der Waals surface area contributed by atoms with E-state index in [1.165, 1.54) is 36.5 Å². The monoisotopic (exact) mass is 390 g/mol. The van der Waals surface area contributed by atoms with Crippen LogP contribution in [0.25, 0.3) is 11.1 Å². The molecule has 3 nitrogen and oxygen atoms in total. The van der Waals surface area contributed by atoms with E-state index in [-0.39, 0.29) is 11.2 Å². The van der Waals surface area contributed by atoms with Crippen LogP contribution < -0.4 is 0 Å². The van der Waals surface area contributed by atoms with E-state index in [2.05, 4.69) is 12.1 Å². The minimum absolute atomic E-state index is 0.262. The predicted molar refractivity (Wildman–Crippen MR) is 119 cm³/mol. The van der Waals surface area contributed by atoms with Gasteiger partial charge < -0.3 is 10.2 Å². The number of rotatable bonds is 4. The fraction of sp³-hybridized carbons (Fsp3) is 0.346. The number of aliphatic carboxylic acids is 1. The first-order valence-corrected chi connectivity index (χ1v) is 10.3. The summed E-state index contributed by atoms with van der Waals surface area (Å²) in [5.74, 6) is -0.654. The molecule has 0 bridgehead atoms. The SMILES string of the molecule is CC(C)(C)/C(=C\C(=O)O)c1ccc(C(=C2CCCCC2)c2ccc(O)cc2)cc1. The number of phenolic OH excluding ortho intramolecular Hbond substituents is 1. The van der Waals surface area contributed by atoms with E-state index >= 15 is 0 Å². The van der Waals surface area contributed by atoms with Gasteiger partial charge in [-0.2, -0.15) is 0 Å². The second-order valence-electron chi connectivity index (χ2n) is 8.81. The van der Waals surface area contributed by atoms with Crippen LogP contribution in [0.5, 0.6) is 5.75 Å². The van der Waals surface area contributed by atoms with Gasteiger partial charge in [-0.1, -0.05) is 69.2 Å². The van der Waals surface area contributed by atoms with E-state index < -0.39 is 5.97 Å². The molecule has 0 aromatic heterocycles. The van der Waals surface area contributed by atoms with E-state index in [9.17, 15) is 15.0 Å². The molecule has 29 heavy (non-hydrogen) atoms. The van der Waals surface area contributed by atoms with Crippen molar-refractivity contribution in [2.24, 2.45) is 5.41 Å². The maximum atomic E-state index is 11.3. The van der Waals surface area contributed by atoms with Crippen molar-refractivity contribution < 1.29 is 15.0 Å². The summed E-state index contributed by atoms with van der Waals surface area (Å²) in [6, 6.07) is 15.7. The van der Waals surface area contributed by atoms with Gasteiger partial charge in [-0.3, -0.25) is 0 Å². The fourth-order valence-corrected chi connectivity index (χ4v) is 4.10. The zero-order valence-electron chi connectivity index (χ0n) is 17.5. The van der Waals surface area contributed by atoms with Crippen molar-refractivity contribution in [3.05, 3.63) is 76.9 Å². The predicted octanol–water partition coefficient (Wildman–Crippen LogP) is 6.67. The summed E-state index contributed by atoms with van der Waals surface area (Å²) in [5, 5.41) is 19.0. The Morgan fingerprint density at radius 1 is 0.828 bits per heavy atom. The van der Waals surface area contributed by atoms with Gasteiger partial charge in [-0.05, 0) is 71.1 Å². The molecular formula is C26H30O3. The molecule has 2 aromatic rings. The average molecular weight is 391 g/mol. The van der Waals surface area contributed by atoms with Gasteiger partial charge in [0.05, 0.1) is 0 Å². The van der Waals surface area contributed by atoms with Gasteiger partial charge in [-0.15, -0.1) is 0 Å². The smallest absolute Gasteiger partial charge is 0.328 e. The molecular weight excluding hydrogens is 360 g/mol. The Hall–Kier alpha value is -2.81. The van der Waals surface area contributed by atoms with Gasteiger partial charge >= 0.3 is 5.97 Å². The van der Waals surface area contributed by atoms with Gasteiger partial charge in [0.1, 0.15) is 5.75 Å². The van der Waals surface area contributed by atoms with Crippen LogP contribution in [0.15, 0.2) is 60.2 Å². The molecule has 0 heterocycles. The second kappa shape index (κ2) is 8.69. The molecule has 152 valence electrons. The number of carboxylic acids is 1. The van der Waals surface area contributed by atoms with E-state index in [1.54, 1.807) is 12.1 Å². The summed E-state index contributed by atoms with van der Waals surface area (Å²) in [6.07, 6.45) is 7.22. The van der Waals surface area contributed by atoms with Crippen LogP contribution in [0, 0.1) is 5.41 Å². The minimum Gasteiger partial charge on any atom is -0.508 e. The minimum atomic E-state index is -0.923. The van der Waals surface area contributed by atoms with Crippen molar-refractivity contribution in [3.63, 3.8) is 0 Å². The number of benzene rings is 2. The third-order valence-corrected chi connectivity index (χ3v) is 5.53. The number of phenols is 1. The van der Waals surface area contributed by atoms with Crippen molar-refractivity contribution in [2.45, 2.75) is 52.9 Å². The zero-order valence-corrected chi connectivity index (χ0v) is 17.5. The van der Waals surface area contributed by atoms with Crippen LogP contribution in [0.2, 0.25) is 0 Å². The number of hydrogen-bond acceptors (Lipinski definition) is 2. The van der Waals surface area contributed by atoms with Crippen LogP contribution in [-0.4, -0.2) is 16.2 Å². The topological polar surface area (TPSA) is 57.5 Å². The highest BCUT2D eigenvalue weighted by Crippen LogP contribution is 2.38. The molecule has 2 aromatic carbocycles. The summed E-state index contributed by atoms with van der Waals surface area (Å²) < 4.78 is 0. The van der Waals surface area contributed by atoms with Gasteiger partial charge in [0.25, 0.3) is 0 Å². The molecule has 0 radical (unpaired) electrons. The van der Waals surface area contributed by atoms with Crippen molar-refractivity contribution >= 4 is 17.1 Å². The van der Waals surface area contributed by atoms with E-state index in [0.717, 1.165) is 35.1 Å². The van der Waals surface area contributed by atoms with Gasteiger partial charge in [-0.25, -0.2) is 4.79 Å². The third kappa shape index (κ3) is 5.17. The Bertz CT molecular complexity index is 915. The molecule has 0 unspecified atom stereocenters. The van der Waals surface area contributed by atoms with Crippen molar-refractivity contribution in [1.29, 1.82) is 0 Å². The van der Waals surface area contributed by atoms with E-state index in [1.807, 2.05) is 45.0 Å². The molecule has 0 saturated heterocycles. The number of carboxylic acid groups (broad SMARTS) is 1. The molecule has 0 aliphatic heterocycles. The maximum absolute atomic E-state index is 11.3. The lowest BCUT2D eigenvalue weighted by Gasteiger charge is -2.24. The highest BCUT2D eigenvalue weighted by Gasteiger charge is 2.21. The molecule has 0 spiro atoms. The van der Waals surface area contributed by atoms with Crippen LogP contribution in [0.4, 0.5) is 0 Å². The molecule has 3 rings (SSSR count). The molecule has 1 aliphatic carbocycles. The molecule has 1 aliphatic rings. The second-order valence-corrected chi connectivity index (χ2v) is 8.81. The molecule has 1 fully saturated rings. The van der Waals surface area contributed by atoms with E-state index in [4.69, 9.17) is 0 Å². The Morgan fingerprint density at radius 3 is 1.79 bits per heavy atom. The number of hydrogen-bond donors (Lipinski definition) is 2. The molecule has 1 saturated carbocycles. The first-order valence-electron chi connectivity index (χ1n) is 10.3. The van der Waals surface area contributed by atoms with Crippen molar-refractivity contribution in [3.8, 4) is 5.75 Å². The highest BCUT2D eigenvalue weighted by atomic mass is 16.4. The van der Waals surface area contributed by atoms with E-state index in [0.29, 0.717) is 0 Å². The summed E-state index contributed by atoms with van der Waals surface area (Å²) in [6.45, 7) is 6.09. The van der Waals surface area contributed by atoms with Crippen LogP contribution >= 0.6 is 0 Å². The van der Waals surface area contributed by atoms with Crippen molar-refractivity contribution in [1.82, 2.24) is 0 Å². The lowest BCUT2D eigenvalue weighted by molar-refractivity contribution is -0.131. The Kier molecular flexibility index (Phi) is 6.26. The largest absolute Gasteiger partial charge is 0.508 e. The number of allylic oxidation sites excluding steroid dienone is 2. The number of aromatic hydroxyl groups is 1. The summed E-state index contributed by atoms with van der Waals surface area (Å²) >= 11 is 0. The maximum Gasteiger partial charge on any atom is 0.328 e. The lowest BCUT2D eigenvalue weighted by atomic mass is 9.80. The standard InChI is InChI=1S/C26H30O3/c1-26(2,3)23(17-24(28)29)18-9-11-20(12-10-18)25(19-7-5-4-6-8-19)21-13-15-22(27)16-14-21/h9-17,27H,4-8H2,1-3H3,(H,28,29)/b23-17-. The normalized spacial score (nSPS) is 15.3. The summed E-state index contributed by atoms with van der Waals surface area (Å²) in [7, 11) is 0. The third-order valence-electron chi connectivity index (χ3n) is 5.53. The Labute approximate surface area is 173 Å². The zero-order chi connectivity index (χ0) is 21.0. The van der Waals surface area contributed by atoms with Crippen LogP contribution in [-0.2, 0) is 4.79 Å². The van der Waals surface area contributed by atoms with Crippen LogP contribution in [0.3, 0.4) is 0 Å². The Balaban J connectivity index is 2.06.